The number of rotatable bonds is 7. The number of hydrogen-bond donors (Lipinski definition) is 8. The monoisotopic (exact) mass is 806 g/mol. The summed E-state index contributed by atoms with van der Waals surface area (Å²) >= 11 is 0. The molecule has 0 radical (unpaired) electrons. The lowest BCUT2D eigenvalue weighted by molar-refractivity contribution is -0.370. The van der Waals surface area contributed by atoms with Gasteiger partial charge in [0.15, 0.2) is 24.8 Å². The highest BCUT2D eigenvalue weighted by molar-refractivity contribution is 5.75. The van der Waals surface area contributed by atoms with Crippen LogP contribution < -0.4 is 0 Å². The van der Waals surface area contributed by atoms with Gasteiger partial charge in [-0.2, -0.15) is 0 Å². The Labute approximate surface area is 333 Å². The minimum Gasteiger partial charge on any atom is -0.481 e. The lowest BCUT2D eigenvalue weighted by Crippen LogP contribution is -2.66. The Hall–Kier alpha value is -2.47. The highest BCUT2D eigenvalue weighted by Gasteiger charge is 2.67. The van der Waals surface area contributed by atoms with Gasteiger partial charge in [0.2, 0.25) is 0 Å². The standard InChI is InChI=1S/C42H62O15/c1-37(2)21-10-13-42(7)22(9-8-19-20-18-39(4,36(52)53)15-14-38(20,3)16-17-41(19,42)6)40(21,5)12-11-23(37)54-35-31(27(46)26(45)30(56-35)33(50)51)57-34-28(47)24(43)25(44)29(55-34)32(48)49/h8-9,20-21,23-31,34-35,43-47H,10-18H2,1-7H3,(H,48,49)(H,50,51)(H,52,53)/t20?,21?,23-,24-,25-,26-,27-,28+,29-,30-,31+,34-,35+,38+,39-,40-,41+,42+/m0/s1. The van der Waals surface area contributed by atoms with Crippen LogP contribution in [0.1, 0.15) is 106 Å². The van der Waals surface area contributed by atoms with Gasteiger partial charge in [0.05, 0.1) is 11.5 Å². The Morgan fingerprint density at radius 2 is 1.25 bits per heavy atom. The zero-order valence-electron chi connectivity index (χ0n) is 34.0. The molecule has 7 rings (SSSR count). The van der Waals surface area contributed by atoms with Gasteiger partial charge in [-0.1, -0.05) is 64.8 Å². The molecule has 0 amide bonds. The first-order valence-electron chi connectivity index (χ1n) is 20.5. The highest BCUT2D eigenvalue weighted by atomic mass is 16.8. The molecule has 4 saturated carbocycles. The number of allylic oxidation sites excluding steroid dienone is 4. The van der Waals surface area contributed by atoms with Crippen LogP contribution >= 0.6 is 0 Å². The molecule has 18 atom stereocenters. The van der Waals surface area contributed by atoms with E-state index in [1.54, 1.807) is 0 Å². The van der Waals surface area contributed by atoms with Crippen molar-refractivity contribution < 1.29 is 74.2 Å². The third kappa shape index (κ3) is 6.27. The number of carboxylic acid groups (broad SMARTS) is 3. The summed E-state index contributed by atoms with van der Waals surface area (Å²) in [5.74, 6) is -3.70. The molecule has 57 heavy (non-hydrogen) atoms. The second-order valence-electron chi connectivity index (χ2n) is 20.2. The van der Waals surface area contributed by atoms with Crippen LogP contribution in [0.4, 0.5) is 0 Å². The number of carboxylic acids is 3. The summed E-state index contributed by atoms with van der Waals surface area (Å²) in [4.78, 5) is 36.4. The zero-order valence-corrected chi connectivity index (χ0v) is 34.0. The first kappa shape index (κ1) is 42.6. The van der Waals surface area contributed by atoms with E-state index < -0.39 is 96.3 Å². The average molecular weight is 807 g/mol. The first-order valence-corrected chi connectivity index (χ1v) is 20.5. The fourth-order valence-corrected chi connectivity index (χ4v) is 12.8. The van der Waals surface area contributed by atoms with Gasteiger partial charge < -0.3 is 59.8 Å². The highest BCUT2D eigenvalue weighted by Crippen LogP contribution is 2.74. The molecular formula is C42H62O15. The Morgan fingerprint density at radius 1 is 0.649 bits per heavy atom. The maximum atomic E-state index is 12.5. The molecule has 0 aromatic rings. The van der Waals surface area contributed by atoms with Crippen molar-refractivity contribution in [3.63, 3.8) is 0 Å². The van der Waals surface area contributed by atoms with E-state index in [1.807, 2.05) is 6.92 Å². The molecule has 7 aliphatic rings. The summed E-state index contributed by atoms with van der Waals surface area (Å²) in [6.45, 7) is 15.5. The van der Waals surface area contributed by atoms with Crippen molar-refractivity contribution in [1.82, 2.24) is 0 Å². The molecule has 2 aliphatic heterocycles. The molecule has 320 valence electrons. The van der Waals surface area contributed by atoms with E-state index in [4.69, 9.17) is 18.9 Å². The van der Waals surface area contributed by atoms with Crippen molar-refractivity contribution in [2.24, 2.45) is 44.3 Å². The minimum absolute atomic E-state index is 0.0484. The van der Waals surface area contributed by atoms with Gasteiger partial charge in [0, 0.05) is 0 Å². The molecule has 2 unspecified atom stereocenters. The smallest absolute Gasteiger partial charge is 0.335 e. The molecular weight excluding hydrogens is 744 g/mol. The maximum absolute atomic E-state index is 12.5. The molecule has 15 nitrogen and oxygen atoms in total. The van der Waals surface area contributed by atoms with E-state index in [2.05, 4.69) is 53.7 Å². The largest absolute Gasteiger partial charge is 0.481 e. The molecule has 2 saturated heterocycles. The second kappa shape index (κ2) is 14.1. The summed E-state index contributed by atoms with van der Waals surface area (Å²) in [6, 6.07) is 0. The number of fused-ring (bicyclic) bond motifs is 7. The topological polar surface area (TPSA) is 250 Å². The Bertz CT molecular complexity index is 1710. The van der Waals surface area contributed by atoms with Crippen molar-refractivity contribution >= 4 is 17.9 Å². The van der Waals surface area contributed by atoms with Gasteiger partial charge in [-0.25, -0.2) is 9.59 Å². The number of aliphatic carboxylic acids is 3. The molecule has 8 N–H and O–H groups in total. The van der Waals surface area contributed by atoms with E-state index in [-0.39, 0.29) is 33.5 Å². The Morgan fingerprint density at radius 3 is 1.86 bits per heavy atom. The quantitative estimate of drug-likeness (QED) is 0.172. The van der Waals surface area contributed by atoms with Gasteiger partial charge in [-0.05, 0) is 104 Å². The van der Waals surface area contributed by atoms with E-state index >= 15 is 0 Å². The molecule has 0 bridgehead atoms. The van der Waals surface area contributed by atoms with Crippen molar-refractivity contribution in [3.8, 4) is 0 Å². The lowest BCUT2D eigenvalue weighted by Gasteiger charge is -2.68. The maximum Gasteiger partial charge on any atom is 0.335 e. The van der Waals surface area contributed by atoms with Crippen molar-refractivity contribution in [1.29, 1.82) is 0 Å². The van der Waals surface area contributed by atoms with E-state index in [9.17, 15) is 55.2 Å². The fraction of sp³-hybridized carbons (Fsp3) is 0.833. The van der Waals surface area contributed by atoms with Crippen LogP contribution in [0.5, 0.6) is 0 Å². The predicted octanol–water partition coefficient (Wildman–Crippen LogP) is 2.99. The van der Waals surface area contributed by atoms with Crippen LogP contribution in [-0.2, 0) is 33.3 Å². The van der Waals surface area contributed by atoms with Gasteiger partial charge in [0.1, 0.15) is 36.6 Å². The summed E-state index contributed by atoms with van der Waals surface area (Å²) in [5.41, 5.74) is 0.856. The minimum atomic E-state index is -2.01. The van der Waals surface area contributed by atoms with Crippen LogP contribution in [0.25, 0.3) is 0 Å². The Balaban J connectivity index is 1.17. The third-order valence-electron chi connectivity index (χ3n) is 16.9. The van der Waals surface area contributed by atoms with Crippen LogP contribution in [0, 0.1) is 44.3 Å². The SMILES string of the molecule is CC1(C)C2CC[C@]3(C)C(=CC=C4C5C[C@@](C)(C(=O)O)CC[C@]5(C)CC[C@]43C)[C@@]2(C)CC[C@@H]1O[C@@H]1O[C@H](C(=O)O)[C@@H](O)[C@H](O)[C@H]1O[C@@H]1O[C@H](C(=O)O)[C@@H](O)[C@H](O)[C@H]1O. The number of hydrogen-bond acceptors (Lipinski definition) is 12. The molecule has 0 aromatic carbocycles. The summed E-state index contributed by atoms with van der Waals surface area (Å²) in [7, 11) is 0. The number of ether oxygens (including phenoxy) is 4. The second-order valence-corrected chi connectivity index (χ2v) is 20.2. The van der Waals surface area contributed by atoms with Crippen molar-refractivity contribution in [2.75, 3.05) is 0 Å². The Kier molecular flexibility index (Phi) is 10.5. The average Bonchev–Trinajstić information content (AvgIpc) is 3.12. The molecule has 6 fully saturated rings. The van der Waals surface area contributed by atoms with Crippen LogP contribution in [0.3, 0.4) is 0 Å². The number of aliphatic hydroxyl groups excluding tert-OH is 5. The normalized spacial score (nSPS) is 51.8. The molecule has 0 aromatic heterocycles. The fourth-order valence-electron chi connectivity index (χ4n) is 12.8. The van der Waals surface area contributed by atoms with Gasteiger partial charge in [-0.3, -0.25) is 4.79 Å². The summed E-state index contributed by atoms with van der Waals surface area (Å²) in [5, 5.41) is 83.0. The van der Waals surface area contributed by atoms with Gasteiger partial charge in [0.25, 0.3) is 0 Å². The molecule has 2 heterocycles. The first-order chi connectivity index (χ1) is 26.4. The summed E-state index contributed by atoms with van der Waals surface area (Å²) in [6.07, 6.45) is -7.97. The van der Waals surface area contributed by atoms with Gasteiger partial charge in [-0.15, -0.1) is 0 Å². The van der Waals surface area contributed by atoms with Crippen LogP contribution in [-0.4, -0.2) is 126 Å². The third-order valence-corrected chi connectivity index (χ3v) is 16.9. The lowest BCUT2D eigenvalue weighted by atomic mass is 9.36. The van der Waals surface area contributed by atoms with Crippen LogP contribution in [0.15, 0.2) is 23.3 Å². The number of carbonyl (C=O) groups is 3. The molecule has 0 spiro atoms. The van der Waals surface area contributed by atoms with E-state index in [0.717, 1.165) is 32.1 Å². The van der Waals surface area contributed by atoms with Gasteiger partial charge >= 0.3 is 17.9 Å². The van der Waals surface area contributed by atoms with E-state index in [0.29, 0.717) is 25.7 Å². The predicted molar refractivity (Wildman–Crippen MR) is 199 cm³/mol. The molecule has 15 heteroatoms. The number of aliphatic hydroxyl groups is 5. The molecule has 5 aliphatic carbocycles. The van der Waals surface area contributed by atoms with Crippen molar-refractivity contribution in [3.05, 3.63) is 23.3 Å². The van der Waals surface area contributed by atoms with E-state index in [1.165, 1.54) is 11.1 Å². The zero-order chi connectivity index (χ0) is 42.0. The van der Waals surface area contributed by atoms with Crippen LogP contribution in [0.2, 0.25) is 0 Å². The van der Waals surface area contributed by atoms with Crippen molar-refractivity contribution in [2.45, 2.75) is 174 Å². The summed E-state index contributed by atoms with van der Waals surface area (Å²) < 4.78 is 23.5.